The molecule has 1 fully saturated rings. The molecule has 0 aliphatic heterocycles. The van der Waals surface area contributed by atoms with Crippen molar-refractivity contribution < 1.29 is 9.90 Å². The van der Waals surface area contributed by atoms with Crippen LogP contribution in [0.15, 0.2) is 12.7 Å². The Morgan fingerprint density at radius 1 is 1.50 bits per heavy atom. The minimum Gasteiger partial charge on any atom is -0.481 e. The Labute approximate surface area is 86.0 Å². The molecule has 1 rings (SSSR count). The molecular formula is C12H20O2. The highest BCUT2D eigenvalue weighted by Crippen LogP contribution is 2.44. The summed E-state index contributed by atoms with van der Waals surface area (Å²) in [6.45, 7) is 7.97. The zero-order valence-electron chi connectivity index (χ0n) is 9.12. The van der Waals surface area contributed by atoms with E-state index in [4.69, 9.17) is 0 Å². The van der Waals surface area contributed by atoms with Gasteiger partial charge in [0.25, 0.3) is 0 Å². The molecule has 80 valence electrons. The number of carboxylic acid groups (broad SMARTS) is 1. The Morgan fingerprint density at radius 3 is 2.36 bits per heavy atom. The molecule has 1 aliphatic rings. The Kier molecular flexibility index (Phi) is 3.35. The second-order valence-electron chi connectivity index (χ2n) is 4.93. The van der Waals surface area contributed by atoms with Gasteiger partial charge in [-0.15, -0.1) is 6.58 Å². The average Bonchev–Trinajstić information content (AvgIpc) is 2.02. The van der Waals surface area contributed by atoms with Crippen LogP contribution in [0.3, 0.4) is 0 Å². The molecule has 0 spiro atoms. The van der Waals surface area contributed by atoms with Crippen LogP contribution in [0, 0.1) is 17.3 Å². The topological polar surface area (TPSA) is 37.3 Å². The number of rotatable bonds is 3. The Hall–Kier alpha value is -0.790. The van der Waals surface area contributed by atoms with Crippen LogP contribution in [0.5, 0.6) is 0 Å². The number of carboxylic acids is 1. The Balaban J connectivity index is 2.85. The smallest absolute Gasteiger partial charge is 0.309 e. The van der Waals surface area contributed by atoms with Crippen molar-refractivity contribution in [3.05, 3.63) is 12.7 Å². The maximum absolute atomic E-state index is 11.3. The van der Waals surface area contributed by atoms with E-state index < -0.39 is 11.4 Å². The zero-order chi connectivity index (χ0) is 10.8. The summed E-state index contributed by atoms with van der Waals surface area (Å²) < 4.78 is 0. The molecule has 0 amide bonds. The van der Waals surface area contributed by atoms with Crippen LogP contribution < -0.4 is 0 Å². The van der Waals surface area contributed by atoms with Gasteiger partial charge in [-0.05, 0) is 37.5 Å². The van der Waals surface area contributed by atoms with Crippen LogP contribution in [-0.4, -0.2) is 11.1 Å². The number of hydrogen-bond donors (Lipinski definition) is 1. The third kappa shape index (κ3) is 2.17. The van der Waals surface area contributed by atoms with Crippen LogP contribution in [0.4, 0.5) is 0 Å². The van der Waals surface area contributed by atoms with Crippen molar-refractivity contribution in [2.75, 3.05) is 0 Å². The van der Waals surface area contributed by atoms with Crippen molar-refractivity contribution in [1.82, 2.24) is 0 Å². The van der Waals surface area contributed by atoms with Crippen molar-refractivity contribution in [3.63, 3.8) is 0 Å². The van der Waals surface area contributed by atoms with Crippen molar-refractivity contribution in [1.29, 1.82) is 0 Å². The normalized spacial score (nSPS) is 37.9. The first kappa shape index (κ1) is 11.3. The number of aliphatic carboxylic acids is 1. The predicted molar refractivity (Wildman–Crippen MR) is 57.1 cm³/mol. The van der Waals surface area contributed by atoms with Crippen molar-refractivity contribution in [2.45, 2.75) is 39.5 Å². The van der Waals surface area contributed by atoms with Crippen molar-refractivity contribution in [3.8, 4) is 0 Å². The standard InChI is InChI=1S/C12H20O2/c1-4-5-12(11(13)14)7-9(2)6-10(3)8-12/h4,9-10H,1,5-8H2,2-3H3,(H,13,14). The minimum atomic E-state index is -0.643. The maximum Gasteiger partial charge on any atom is 0.309 e. The lowest BCUT2D eigenvalue weighted by Gasteiger charge is -2.39. The molecule has 2 heteroatoms. The van der Waals surface area contributed by atoms with Gasteiger partial charge >= 0.3 is 5.97 Å². The number of allylic oxidation sites excluding steroid dienone is 1. The molecule has 2 atom stereocenters. The fourth-order valence-electron chi connectivity index (χ4n) is 2.98. The molecule has 0 bridgehead atoms. The summed E-state index contributed by atoms with van der Waals surface area (Å²) in [5.41, 5.74) is -0.529. The summed E-state index contributed by atoms with van der Waals surface area (Å²) in [5.74, 6) is 0.403. The van der Waals surface area contributed by atoms with E-state index in [9.17, 15) is 9.90 Å². The van der Waals surface area contributed by atoms with Gasteiger partial charge in [0.05, 0.1) is 5.41 Å². The summed E-state index contributed by atoms with van der Waals surface area (Å²) in [7, 11) is 0. The van der Waals surface area contributed by atoms with E-state index in [-0.39, 0.29) is 0 Å². The van der Waals surface area contributed by atoms with E-state index in [1.807, 2.05) is 0 Å². The number of hydrogen-bond acceptors (Lipinski definition) is 1. The highest BCUT2D eigenvalue weighted by atomic mass is 16.4. The van der Waals surface area contributed by atoms with Gasteiger partial charge in [-0.1, -0.05) is 19.9 Å². The molecular weight excluding hydrogens is 176 g/mol. The summed E-state index contributed by atoms with van der Waals surface area (Å²) in [6, 6.07) is 0. The van der Waals surface area contributed by atoms with Crippen molar-refractivity contribution in [2.24, 2.45) is 17.3 Å². The van der Waals surface area contributed by atoms with Crippen LogP contribution >= 0.6 is 0 Å². The first-order valence-corrected chi connectivity index (χ1v) is 5.34. The highest BCUT2D eigenvalue weighted by Gasteiger charge is 2.42. The van der Waals surface area contributed by atoms with Crippen molar-refractivity contribution >= 4 is 5.97 Å². The molecule has 2 unspecified atom stereocenters. The third-order valence-corrected chi connectivity index (χ3v) is 3.27. The molecule has 0 aromatic carbocycles. The van der Waals surface area contributed by atoms with Crippen LogP contribution in [-0.2, 0) is 4.79 Å². The fraction of sp³-hybridized carbons (Fsp3) is 0.750. The zero-order valence-corrected chi connectivity index (χ0v) is 9.12. The lowest BCUT2D eigenvalue weighted by molar-refractivity contribution is -0.153. The molecule has 0 aromatic rings. The van der Waals surface area contributed by atoms with Gasteiger partial charge in [0.2, 0.25) is 0 Å². The van der Waals surface area contributed by atoms with Crippen LogP contribution in [0.2, 0.25) is 0 Å². The Morgan fingerprint density at radius 2 is 2.00 bits per heavy atom. The second kappa shape index (κ2) is 4.16. The lowest BCUT2D eigenvalue weighted by atomic mass is 9.65. The summed E-state index contributed by atoms with van der Waals surface area (Å²) >= 11 is 0. The highest BCUT2D eigenvalue weighted by molar-refractivity contribution is 5.75. The van der Waals surface area contributed by atoms with Crippen LogP contribution in [0.25, 0.3) is 0 Å². The van der Waals surface area contributed by atoms with Gasteiger partial charge in [-0.25, -0.2) is 0 Å². The Bertz CT molecular complexity index is 222. The SMILES string of the molecule is C=CCC1(C(=O)O)CC(C)CC(C)C1. The largest absolute Gasteiger partial charge is 0.481 e. The van der Waals surface area contributed by atoms with Crippen LogP contribution in [0.1, 0.15) is 39.5 Å². The van der Waals surface area contributed by atoms with Gasteiger partial charge in [0.1, 0.15) is 0 Å². The summed E-state index contributed by atoms with van der Waals surface area (Å²) in [6.07, 6.45) is 5.12. The molecule has 2 nitrogen and oxygen atoms in total. The molecule has 0 aromatic heterocycles. The first-order chi connectivity index (χ1) is 6.50. The van der Waals surface area contributed by atoms with E-state index in [2.05, 4.69) is 20.4 Å². The van der Waals surface area contributed by atoms with E-state index in [1.165, 1.54) is 0 Å². The summed E-state index contributed by atoms with van der Waals surface area (Å²) in [4.78, 5) is 11.3. The predicted octanol–water partition coefficient (Wildman–Crippen LogP) is 3.09. The first-order valence-electron chi connectivity index (χ1n) is 5.34. The second-order valence-corrected chi connectivity index (χ2v) is 4.93. The third-order valence-electron chi connectivity index (χ3n) is 3.27. The number of carbonyl (C=O) groups is 1. The molecule has 0 radical (unpaired) electrons. The molecule has 1 N–H and O–H groups in total. The lowest BCUT2D eigenvalue weighted by Crippen LogP contribution is -2.38. The van der Waals surface area contributed by atoms with Gasteiger partial charge < -0.3 is 5.11 Å². The molecule has 14 heavy (non-hydrogen) atoms. The van der Waals surface area contributed by atoms with E-state index in [1.54, 1.807) is 6.08 Å². The molecule has 1 saturated carbocycles. The van der Waals surface area contributed by atoms with Gasteiger partial charge in [-0.3, -0.25) is 4.79 Å². The molecule has 0 heterocycles. The maximum atomic E-state index is 11.3. The quantitative estimate of drug-likeness (QED) is 0.704. The van der Waals surface area contributed by atoms with Gasteiger partial charge in [-0.2, -0.15) is 0 Å². The van der Waals surface area contributed by atoms with Gasteiger partial charge in [0.15, 0.2) is 0 Å². The average molecular weight is 196 g/mol. The molecule has 0 saturated heterocycles. The van der Waals surface area contributed by atoms with E-state index >= 15 is 0 Å². The van der Waals surface area contributed by atoms with Gasteiger partial charge in [0, 0.05) is 0 Å². The van der Waals surface area contributed by atoms with E-state index in [0.717, 1.165) is 19.3 Å². The molecule has 1 aliphatic carbocycles. The fourth-order valence-corrected chi connectivity index (χ4v) is 2.98. The summed E-state index contributed by atoms with van der Waals surface area (Å²) in [5, 5.41) is 9.31. The monoisotopic (exact) mass is 196 g/mol. The minimum absolute atomic E-state index is 0.523. The van der Waals surface area contributed by atoms with E-state index in [0.29, 0.717) is 18.3 Å².